The number of methoxy groups -OCH3 is 1. The quantitative estimate of drug-likeness (QED) is 0.483. The molecule has 4 aromatic rings. The Kier molecular flexibility index (Phi) is 4.88. The largest absolute Gasteiger partial charge is 0.494 e. The summed E-state index contributed by atoms with van der Waals surface area (Å²) in [6.07, 6.45) is 0. The van der Waals surface area contributed by atoms with Crippen molar-refractivity contribution < 1.29 is 9.53 Å². The van der Waals surface area contributed by atoms with Gasteiger partial charge in [-0.05, 0) is 66.0 Å². The first-order valence-electron chi connectivity index (χ1n) is 8.87. The number of hydrogen-bond acceptors (Lipinski definition) is 7. The molecule has 0 unspecified atom stereocenters. The summed E-state index contributed by atoms with van der Waals surface area (Å²) in [5, 5.41) is 14.8. The van der Waals surface area contributed by atoms with E-state index in [-0.39, 0.29) is 16.2 Å². The van der Waals surface area contributed by atoms with E-state index < -0.39 is 0 Å². The van der Waals surface area contributed by atoms with Crippen LogP contribution in [0.1, 0.15) is 16.2 Å². The average Bonchev–Trinajstić information content (AvgIpc) is 3.17. The number of aromatic nitrogens is 6. The Labute approximate surface area is 175 Å². The second-order valence-electron chi connectivity index (χ2n) is 6.53. The van der Waals surface area contributed by atoms with Gasteiger partial charge in [-0.25, -0.2) is 0 Å². The van der Waals surface area contributed by atoms with Crippen LogP contribution in [0.5, 0.6) is 5.75 Å². The molecule has 0 spiro atoms. The van der Waals surface area contributed by atoms with E-state index in [1.54, 1.807) is 57.5 Å². The average molecular weight is 423 g/mol. The topological polar surface area (TPSA) is 120 Å². The summed E-state index contributed by atoms with van der Waals surface area (Å²) in [5.74, 6) is 0.780. The number of ether oxygens (including phenoxy) is 1. The van der Waals surface area contributed by atoms with Crippen LogP contribution in [0.3, 0.4) is 0 Å². The number of nitrogens with one attached hydrogen (secondary N) is 2. The van der Waals surface area contributed by atoms with Gasteiger partial charge in [0, 0.05) is 18.3 Å². The molecular formula is C19H17N7O3S. The van der Waals surface area contributed by atoms with Gasteiger partial charge in [0.05, 0.1) is 18.0 Å². The van der Waals surface area contributed by atoms with E-state index in [4.69, 9.17) is 17.0 Å². The fourth-order valence-corrected chi connectivity index (χ4v) is 3.23. The van der Waals surface area contributed by atoms with Gasteiger partial charge in [-0.15, -0.1) is 5.10 Å². The molecule has 0 aliphatic carbocycles. The van der Waals surface area contributed by atoms with Gasteiger partial charge in [0.1, 0.15) is 11.4 Å². The third-order valence-corrected chi connectivity index (χ3v) is 5.03. The standard InChI is InChI=1S/C19H17N7O3S/c1-10-22-23-24-26(10)15-9-12(5-7-16(15)29-3)20-17(27)11-4-6-13-14(8-11)21-19(30)25(2)18(13)28/h4-9H,1-3H3,(H,20,27)(H,21,30). The smallest absolute Gasteiger partial charge is 0.261 e. The van der Waals surface area contributed by atoms with E-state index in [2.05, 4.69) is 25.8 Å². The molecule has 2 heterocycles. The SMILES string of the molecule is COc1ccc(NC(=O)c2ccc3c(=O)n(C)c(=S)[nH]c3c2)cc1-n1nnnc1C. The van der Waals surface area contributed by atoms with Crippen LogP contribution in [0.2, 0.25) is 0 Å². The summed E-state index contributed by atoms with van der Waals surface area (Å²) in [5.41, 5.74) is 1.76. The van der Waals surface area contributed by atoms with Crippen LogP contribution in [-0.4, -0.2) is 42.8 Å². The van der Waals surface area contributed by atoms with E-state index in [0.29, 0.717) is 39.4 Å². The number of tetrazole rings is 1. The number of carbonyl (C=O) groups is 1. The first kappa shape index (κ1) is 19.5. The van der Waals surface area contributed by atoms with Gasteiger partial charge in [-0.3, -0.25) is 14.2 Å². The van der Waals surface area contributed by atoms with Gasteiger partial charge in [0.25, 0.3) is 11.5 Å². The predicted octanol–water partition coefficient (Wildman–Crippen LogP) is 2.14. The third-order valence-electron chi connectivity index (χ3n) is 4.65. The second kappa shape index (κ2) is 7.52. The number of carbonyl (C=O) groups excluding carboxylic acids is 1. The van der Waals surface area contributed by atoms with Crippen LogP contribution in [-0.2, 0) is 7.05 Å². The lowest BCUT2D eigenvalue weighted by Crippen LogP contribution is -2.19. The van der Waals surface area contributed by atoms with Gasteiger partial charge in [-0.2, -0.15) is 4.68 Å². The van der Waals surface area contributed by atoms with E-state index >= 15 is 0 Å². The number of anilines is 1. The monoisotopic (exact) mass is 423 g/mol. The predicted molar refractivity (Wildman–Crippen MR) is 113 cm³/mol. The van der Waals surface area contributed by atoms with Crippen molar-refractivity contribution in [1.82, 2.24) is 29.8 Å². The summed E-state index contributed by atoms with van der Waals surface area (Å²) < 4.78 is 8.51. The summed E-state index contributed by atoms with van der Waals surface area (Å²) >= 11 is 5.15. The molecule has 0 aliphatic heterocycles. The maximum Gasteiger partial charge on any atom is 0.261 e. The van der Waals surface area contributed by atoms with Crippen molar-refractivity contribution in [2.24, 2.45) is 7.05 Å². The molecule has 30 heavy (non-hydrogen) atoms. The zero-order chi connectivity index (χ0) is 21.4. The van der Waals surface area contributed by atoms with E-state index in [9.17, 15) is 9.59 Å². The zero-order valence-electron chi connectivity index (χ0n) is 16.3. The van der Waals surface area contributed by atoms with E-state index in [1.807, 2.05) is 0 Å². The molecule has 2 aromatic heterocycles. The summed E-state index contributed by atoms with van der Waals surface area (Å²) in [7, 11) is 3.13. The van der Waals surface area contributed by atoms with Gasteiger partial charge in [-0.1, -0.05) is 0 Å². The molecule has 0 radical (unpaired) electrons. The fourth-order valence-electron chi connectivity index (χ4n) is 3.04. The van der Waals surface area contributed by atoms with Crippen molar-refractivity contribution in [3.63, 3.8) is 0 Å². The Balaban J connectivity index is 1.69. The highest BCUT2D eigenvalue weighted by molar-refractivity contribution is 7.71. The summed E-state index contributed by atoms with van der Waals surface area (Å²) in [6, 6.07) is 9.92. The minimum Gasteiger partial charge on any atom is -0.494 e. The zero-order valence-corrected chi connectivity index (χ0v) is 17.1. The second-order valence-corrected chi connectivity index (χ2v) is 6.92. The highest BCUT2D eigenvalue weighted by Gasteiger charge is 2.14. The van der Waals surface area contributed by atoms with Gasteiger partial charge in [0.2, 0.25) is 0 Å². The van der Waals surface area contributed by atoms with Crippen LogP contribution in [0.25, 0.3) is 16.6 Å². The van der Waals surface area contributed by atoms with Crippen LogP contribution < -0.4 is 15.6 Å². The molecule has 2 N–H and O–H groups in total. The van der Waals surface area contributed by atoms with Crippen LogP contribution in [0.4, 0.5) is 5.69 Å². The highest BCUT2D eigenvalue weighted by atomic mass is 32.1. The number of aromatic amines is 1. The summed E-state index contributed by atoms with van der Waals surface area (Å²) in [6.45, 7) is 1.76. The number of H-pyrrole nitrogens is 1. The molecule has 1 amide bonds. The molecule has 2 aromatic carbocycles. The first-order valence-corrected chi connectivity index (χ1v) is 9.27. The fraction of sp³-hybridized carbons (Fsp3) is 0.158. The lowest BCUT2D eigenvalue weighted by molar-refractivity contribution is 0.102. The van der Waals surface area contributed by atoms with Crippen molar-refractivity contribution >= 4 is 34.7 Å². The lowest BCUT2D eigenvalue weighted by atomic mass is 10.1. The van der Waals surface area contributed by atoms with E-state index in [0.717, 1.165) is 0 Å². The number of aryl methyl sites for hydroxylation is 1. The number of nitrogens with zero attached hydrogens (tertiary/aromatic N) is 5. The lowest BCUT2D eigenvalue weighted by Gasteiger charge is -2.12. The molecule has 0 saturated carbocycles. The molecule has 0 saturated heterocycles. The Bertz CT molecular complexity index is 1400. The molecule has 0 bridgehead atoms. The Hall–Kier alpha value is -3.86. The number of benzene rings is 2. The summed E-state index contributed by atoms with van der Waals surface area (Å²) in [4.78, 5) is 28.1. The first-order chi connectivity index (χ1) is 14.4. The number of hydrogen-bond donors (Lipinski definition) is 2. The van der Waals surface area contributed by atoms with Gasteiger partial charge in [0.15, 0.2) is 10.6 Å². The van der Waals surface area contributed by atoms with Crippen molar-refractivity contribution in [3.8, 4) is 11.4 Å². The van der Waals surface area contributed by atoms with Crippen LogP contribution in [0.15, 0.2) is 41.2 Å². The number of amides is 1. The Morgan fingerprint density at radius 2 is 2.03 bits per heavy atom. The maximum absolute atomic E-state index is 12.8. The molecule has 0 atom stereocenters. The van der Waals surface area contributed by atoms with E-state index in [1.165, 1.54) is 9.25 Å². The minimum absolute atomic E-state index is 0.225. The molecule has 4 rings (SSSR count). The third kappa shape index (κ3) is 3.35. The molecule has 0 aliphatic rings. The molecule has 10 nitrogen and oxygen atoms in total. The Morgan fingerprint density at radius 1 is 1.23 bits per heavy atom. The van der Waals surface area contributed by atoms with Crippen LogP contribution >= 0.6 is 12.2 Å². The molecule has 11 heteroatoms. The van der Waals surface area contributed by atoms with Crippen LogP contribution in [0, 0.1) is 11.7 Å². The molecule has 152 valence electrons. The van der Waals surface area contributed by atoms with Crippen molar-refractivity contribution in [2.75, 3.05) is 12.4 Å². The maximum atomic E-state index is 12.8. The number of fused-ring (bicyclic) bond motifs is 1. The van der Waals surface area contributed by atoms with Gasteiger partial charge >= 0.3 is 0 Å². The van der Waals surface area contributed by atoms with Crippen molar-refractivity contribution in [1.29, 1.82) is 0 Å². The highest BCUT2D eigenvalue weighted by Crippen LogP contribution is 2.26. The number of rotatable bonds is 4. The van der Waals surface area contributed by atoms with Crippen molar-refractivity contribution in [3.05, 3.63) is 62.9 Å². The normalized spacial score (nSPS) is 10.9. The van der Waals surface area contributed by atoms with Gasteiger partial charge < -0.3 is 15.0 Å². The minimum atomic E-state index is -0.346. The Morgan fingerprint density at radius 3 is 2.73 bits per heavy atom. The van der Waals surface area contributed by atoms with Crippen molar-refractivity contribution in [2.45, 2.75) is 6.92 Å². The molecular weight excluding hydrogens is 406 g/mol. The molecule has 0 fully saturated rings.